The van der Waals surface area contributed by atoms with Gasteiger partial charge < -0.3 is 15.2 Å². The van der Waals surface area contributed by atoms with Gasteiger partial charge in [-0.2, -0.15) is 18.3 Å². The van der Waals surface area contributed by atoms with Crippen LogP contribution in [0.4, 0.5) is 18.9 Å². The number of carbonyl (C=O) groups is 1. The molecule has 0 bridgehead atoms. The molecule has 0 aliphatic heterocycles. The summed E-state index contributed by atoms with van der Waals surface area (Å²) in [5.74, 6) is -0.866. The van der Waals surface area contributed by atoms with E-state index < -0.39 is 29.1 Å². The van der Waals surface area contributed by atoms with E-state index in [4.69, 9.17) is 4.74 Å². The minimum absolute atomic E-state index is 0.142. The van der Waals surface area contributed by atoms with E-state index in [1.165, 1.54) is 17.9 Å². The highest BCUT2D eigenvalue weighted by Gasteiger charge is 2.58. The first-order valence-corrected chi connectivity index (χ1v) is 8.91. The largest absolute Gasteiger partial charge is 0.480 e. The maximum absolute atomic E-state index is 13.7. The van der Waals surface area contributed by atoms with Crippen LogP contribution >= 0.6 is 11.3 Å². The summed E-state index contributed by atoms with van der Waals surface area (Å²) in [6.45, 7) is 1.57. The molecule has 11 heteroatoms. The molecule has 0 fully saturated rings. The summed E-state index contributed by atoms with van der Waals surface area (Å²) >= 11 is 0.692. The van der Waals surface area contributed by atoms with Gasteiger partial charge in [0.2, 0.25) is 17.4 Å². The summed E-state index contributed by atoms with van der Waals surface area (Å²) in [4.78, 5) is 16.3. The van der Waals surface area contributed by atoms with E-state index in [9.17, 15) is 23.1 Å². The number of benzene rings is 1. The number of amides is 1. The number of alkyl halides is 3. The van der Waals surface area contributed by atoms with Crippen molar-refractivity contribution in [3.8, 4) is 5.88 Å². The Balaban J connectivity index is 1.94. The van der Waals surface area contributed by atoms with E-state index in [0.717, 1.165) is 0 Å². The molecule has 3 rings (SSSR count). The number of aryl methyl sites for hydroxylation is 2. The Bertz CT molecular complexity index is 997. The Labute approximate surface area is 161 Å². The van der Waals surface area contributed by atoms with Gasteiger partial charge in [0.1, 0.15) is 10.7 Å². The zero-order chi connectivity index (χ0) is 20.7. The van der Waals surface area contributed by atoms with Crippen LogP contribution in [0.15, 0.2) is 24.3 Å². The SMILES string of the molecule is COc1c(NC(=O)C[C@@](O)(c2nc3ccccc3s2)C(F)(F)F)c(C)nn1C. The molecule has 0 radical (unpaired) electrons. The number of fused-ring (bicyclic) bond motifs is 1. The number of para-hydroxylation sites is 1. The van der Waals surface area contributed by atoms with E-state index in [-0.39, 0.29) is 11.6 Å². The molecule has 0 unspecified atom stereocenters. The predicted molar refractivity (Wildman–Crippen MR) is 97.3 cm³/mol. The first kappa shape index (κ1) is 20.1. The molecule has 2 heterocycles. The second kappa shape index (κ2) is 7.06. The maximum atomic E-state index is 13.7. The zero-order valence-electron chi connectivity index (χ0n) is 15.2. The van der Waals surface area contributed by atoms with Crippen molar-refractivity contribution in [2.45, 2.75) is 25.1 Å². The highest BCUT2D eigenvalue weighted by Crippen LogP contribution is 2.44. The van der Waals surface area contributed by atoms with E-state index >= 15 is 0 Å². The van der Waals surface area contributed by atoms with E-state index in [0.29, 0.717) is 27.2 Å². The number of nitrogens with one attached hydrogen (secondary N) is 1. The van der Waals surface area contributed by atoms with Gasteiger partial charge in [-0.15, -0.1) is 11.3 Å². The lowest BCUT2D eigenvalue weighted by Crippen LogP contribution is -2.45. The monoisotopic (exact) mass is 414 g/mol. The quantitative estimate of drug-likeness (QED) is 0.670. The van der Waals surface area contributed by atoms with Crippen molar-refractivity contribution in [2.24, 2.45) is 7.05 Å². The summed E-state index contributed by atoms with van der Waals surface area (Å²) in [6, 6.07) is 6.41. The van der Waals surface area contributed by atoms with Crippen LogP contribution in [-0.4, -0.2) is 39.1 Å². The first-order valence-electron chi connectivity index (χ1n) is 8.09. The van der Waals surface area contributed by atoms with Gasteiger partial charge in [-0.3, -0.25) is 4.79 Å². The number of anilines is 1. The molecule has 1 aromatic carbocycles. The molecule has 3 aromatic rings. The molecule has 0 saturated carbocycles. The van der Waals surface area contributed by atoms with Gasteiger partial charge in [-0.25, -0.2) is 9.67 Å². The van der Waals surface area contributed by atoms with Crippen LogP contribution < -0.4 is 10.1 Å². The summed E-state index contributed by atoms with van der Waals surface area (Å²) in [7, 11) is 2.91. The number of rotatable bonds is 5. The molecule has 2 N–H and O–H groups in total. The molecular weight excluding hydrogens is 397 g/mol. The number of carbonyl (C=O) groups excluding carboxylic acids is 1. The Kier molecular flexibility index (Phi) is 5.06. The second-order valence-corrected chi connectivity index (χ2v) is 7.19. The zero-order valence-corrected chi connectivity index (χ0v) is 16.0. The number of thiazole rings is 1. The van der Waals surface area contributed by atoms with Crippen LogP contribution in [0.5, 0.6) is 5.88 Å². The summed E-state index contributed by atoms with van der Waals surface area (Å²) in [5.41, 5.74) is -2.60. The summed E-state index contributed by atoms with van der Waals surface area (Å²) < 4.78 is 48.2. The summed E-state index contributed by atoms with van der Waals surface area (Å²) in [5, 5.41) is 16.3. The number of aliphatic hydroxyl groups is 1. The smallest absolute Gasteiger partial charge is 0.424 e. The number of hydrogen-bond acceptors (Lipinski definition) is 6. The van der Waals surface area contributed by atoms with Gasteiger partial charge in [0, 0.05) is 7.05 Å². The fraction of sp³-hybridized carbons (Fsp3) is 0.353. The van der Waals surface area contributed by atoms with Crippen LogP contribution in [0.2, 0.25) is 0 Å². The van der Waals surface area contributed by atoms with Gasteiger partial charge in [-0.05, 0) is 19.1 Å². The Morgan fingerprint density at radius 1 is 1.36 bits per heavy atom. The lowest BCUT2D eigenvalue weighted by molar-refractivity contribution is -0.266. The lowest BCUT2D eigenvalue weighted by Gasteiger charge is -2.27. The van der Waals surface area contributed by atoms with Crippen LogP contribution in [0.25, 0.3) is 10.2 Å². The molecule has 2 aromatic heterocycles. The van der Waals surface area contributed by atoms with Crippen LogP contribution in [0.3, 0.4) is 0 Å². The van der Waals surface area contributed by atoms with Crippen LogP contribution in [0, 0.1) is 6.92 Å². The van der Waals surface area contributed by atoms with Crippen molar-refractivity contribution in [2.75, 3.05) is 12.4 Å². The lowest BCUT2D eigenvalue weighted by atomic mass is 9.99. The molecule has 0 aliphatic rings. The van der Waals surface area contributed by atoms with Crippen LogP contribution in [0.1, 0.15) is 17.1 Å². The van der Waals surface area contributed by atoms with Crippen molar-refractivity contribution in [1.29, 1.82) is 0 Å². The average Bonchev–Trinajstić information content (AvgIpc) is 3.15. The number of halogens is 3. The fourth-order valence-corrected chi connectivity index (χ4v) is 3.85. The van der Waals surface area contributed by atoms with Gasteiger partial charge >= 0.3 is 6.18 Å². The number of ether oxygens (including phenoxy) is 1. The molecule has 28 heavy (non-hydrogen) atoms. The highest BCUT2D eigenvalue weighted by molar-refractivity contribution is 7.18. The Hall–Kier alpha value is -2.66. The predicted octanol–water partition coefficient (Wildman–Crippen LogP) is 3.13. The van der Waals surface area contributed by atoms with Crippen molar-refractivity contribution < 1.29 is 27.8 Å². The van der Waals surface area contributed by atoms with E-state index in [1.807, 2.05) is 0 Å². The fourth-order valence-electron chi connectivity index (χ4n) is 2.78. The molecule has 7 nitrogen and oxygen atoms in total. The minimum Gasteiger partial charge on any atom is -0.480 e. The molecule has 1 amide bonds. The Morgan fingerprint density at radius 2 is 2.04 bits per heavy atom. The van der Waals surface area contributed by atoms with Gasteiger partial charge in [0.15, 0.2) is 0 Å². The average molecular weight is 414 g/mol. The Morgan fingerprint density at radius 3 is 2.64 bits per heavy atom. The normalized spacial score (nSPS) is 14.1. The van der Waals surface area contributed by atoms with Crippen molar-refractivity contribution >= 4 is 33.1 Å². The molecular formula is C17H17F3N4O3S. The molecule has 150 valence electrons. The summed E-state index contributed by atoms with van der Waals surface area (Å²) in [6.07, 6.45) is -6.36. The third-order valence-corrected chi connectivity index (χ3v) is 5.35. The van der Waals surface area contributed by atoms with Gasteiger partial charge in [0.25, 0.3) is 0 Å². The van der Waals surface area contributed by atoms with E-state index in [2.05, 4.69) is 15.4 Å². The molecule has 1 atom stereocenters. The third-order valence-electron chi connectivity index (χ3n) is 4.16. The van der Waals surface area contributed by atoms with E-state index in [1.54, 1.807) is 32.2 Å². The molecule has 0 aliphatic carbocycles. The molecule has 0 spiro atoms. The van der Waals surface area contributed by atoms with Crippen molar-refractivity contribution in [3.05, 3.63) is 35.0 Å². The number of methoxy groups -OCH3 is 1. The van der Waals surface area contributed by atoms with Gasteiger partial charge in [-0.1, -0.05) is 12.1 Å². The second-order valence-electron chi connectivity index (χ2n) is 6.16. The molecule has 0 saturated heterocycles. The first-order chi connectivity index (χ1) is 13.1. The maximum Gasteiger partial charge on any atom is 0.424 e. The van der Waals surface area contributed by atoms with Gasteiger partial charge in [0.05, 0.1) is 29.4 Å². The third kappa shape index (κ3) is 3.42. The number of hydrogen-bond donors (Lipinski definition) is 2. The number of nitrogens with zero attached hydrogens (tertiary/aromatic N) is 3. The number of aromatic nitrogens is 3. The van der Waals surface area contributed by atoms with Crippen LogP contribution in [-0.2, 0) is 17.4 Å². The van der Waals surface area contributed by atoms with Crippen molar-refractivity contribution in [1.82, 2.24) is 14.8 Å². The minimum atomic E-state index is -5.10. The highest BCUT2D eigenvalue weighted by atomic mass is 32.1. The topological polar surface area (TPSA) is 89.3 Å². The standard InChI is InChI=1S/C17H17F3N4O3S/c1-9-13(14(27-3)24(2)23-9)22-12(25)8-16(26,17(18,19)20)15-21-10-6-4-5-7-11(10)28-15/h4-7,26H,8H2,1-3H3,(H,22,25)/t16-/m1/s1. The van der Waals surface area contributed by atoms with Crippen molar-refractivity contribution in [3.63, 3.8) is 0 Å².